The Morgan fingerprint density at radius 3 is 3.10 bits per heavy atom. The minimum absolute atomic E-state index is 0.290. The molecule has 4 nitrogen and oxygen atoms in total. The number of hydrogen-bond donors (Lipinski definition) is 1. The van der Waals surface area contributed by atoms with E-state index in [9.17, 15) is 9.90 Å². The van der Waals surface area contributed by atoms with E-state index in [1.165, 1.54) is 6.42 Å². The SMILES string of the molecule is CCSC1CCC(n2cnc3c(C(=O)O)cccc32)C1. The smallest absolute Gasteiger partial charge is 0.337 e. The molecule has 5 heteroatoms. The molecule has 0 saturated heterocycles. The van der Waals surface area contributed by atoms with Crippen molar-refractivity contribution in [3.63, 3.8) is 0 Å². The zero-order chi connectivity index (χ0) is 14.1. The van der Waals surface area contributed by atoms with Gasteiger partial charge in [0.25, 0.3) is 0 Å². The molecular weight excluding hydrogens is 272 g/mol. The number of aromatic carboxylic acids is 1. The molecular formula is C15H18N2O2S. The molecule has 1 aromatic carbocycles. The molecule has 0 bridgehead atoms. The van der Waals surface area contributed by atoms with Crippen LogP contribution in [0, 0.1) is 0 Å². The van der Waals surface area contributed by atoms with Gasteiger partial charge in [0.1, 0.15) is 5.52 Å². The molecule has 1 aliphatic rings. The first-order valence-electron chi connectivity index (χ1n) is 7.01. The first kappa shape index (κ1) is 13.5. The third kappa shape index (κ3) is 2.30. The lowest BCUT2D eigenvalue weighted by Gasteiger charge is -2.13. The minimum atomic E-state index is -0.910. The quantitative estimate of drug-likeness (QED) is 0.935. The molecule has 0 spiro atoms. The fraction of sp³-hybridized carbons (Fsp3) is 0.467. The van der Waals surface area contributed by atoms with E-state index in [0.717, 1.165) is 29.4 Å². The predicted molar refractivity (Wildman–Crippen MR) is 81.5 cm³/mol. The Kier molecular flexibility index (Phi) is 3.70. The number of carboxylic acids is 1. The Morgan fingerprint density at radius 1 is 1.50 bits per heavy atom. The summed E-state index contributed by atoms with van der Waals surface area (Å²) in [5.41, 5.74) is 1.84. The molecule has 1 N–H and O–H groups in total. The monoisotopic (exact) mass is 290 g/mol. The Balaban J connectivity index is 1.94. The minimum Gasteiger partial charge on any atom is -0.478 e. The van der Waals surface area contributed by atoms with Crippen LogP contribution in [0.4, 0.5) is 0 Å². The summed E-state index contributed by atoms with van der Waals surface area (Å²) >= 11 is 2.03. The molecule has 1 aliphatic carbocycles. The molecule has 0 radical (unpaired) electrons. The molecule has 1 heterocycles. The Hall–Kier alpha value is -1.49. The number of carbonyl (C=O) groups is 1. The second kappa shape index (κ2) is 5.48. The van der Waals surface area contributed by atoms with Crippen LogP contribution in [0.1, 0.15) is 42.6 Å². The van der Waals surface area contributed by atoms with Gasteiger partial charge in [-0.25, -0.2) is 9.78 Å². The van der Waals surface area contributed by atoms with E-state index in [1.807, 2.05) is 17.8 Å². The maximum Gasteiger partial charge on any atom is 0.337 e. The Bertz CT molecular complexity index is 638. The number of aromatic nitrogens is 2. The first-order valence-corrected chi connectivity index (χ1v) is 8.06. The topological polar surface area (TPSA) is 55.1 Å². The fourth-order valence-corrected chi connectivity index (χ4v) is 4.21. The number of imidazole rings is 1. The lowest BCUT2D eigenvalue weighted by atomic mass is 10.1. The number of benzene rings is 1. The van der Waals surface area contributed by atoms with Gasteiger partial charge in [0.15, 0.2) is 0 Å². The maximum atomic E-state index is 11.2. The van der Waals surface area contributed by atoms with E-state index in [4.69, 9.17) is 0 Å². The summed E-state index contributed by atoms with van der Waals surface area (Å²) in [5.74, 6) is 0.247. The van der Waals surface area contributed by atoms with Gasteiger partial charge in [-0.2, -0.15) is 11.8 Å². The molecule has 20 heavy (non-hydrogen) atoms. The van der Waals surface area contributed by atoms with Crippen molar-refractivity contribution in [2.75, 3.05) is 5.75 Å². The van der Waals surface area contributed by atoms with Crippen molar-refractivity contribution in [2.24, 2.45) is 0 Å². The fourth-order valence-electron chi connectivity index (χ4n) is 3.08. The molecule has 1 saturated carbocycles. The van der Waals surface area contributed by atoms with E-state index < -0.39 is 5.97 Å². The van der Waals surface area contributed by atoms with Gasteiger partial charge in [-0.05, 0) is 37.1 Å². The van der Waals surface area contributed by atoms with Crippen molar-refractivity contribution in [2.45, 2.75) is 37.5 Å². The zero-order valence-corrected chi connectivity index (χ0v) is 12.3. The normalized spacial score (nSPS) is 22.4. The Labute approximate surface area is 122 Å². The van der Waals surface area contributed by atoms with Crippen LogP contribution in [-0.2, 0) is 0 Å². The lowest BCUT2D eigenvalue weighted by Crippen LogP contribution is -2.05. The van der Waals surface area contributed by atoms with Gasteiger partial charge in [-0.3, -0.25) is 0 Å². The van der Waals surface area contributed by atoms with Gasteiger partial charge < -0.3 is 9.67 Å². The Morgan fingerprint density at radius 2 is 2.35 bits per heavy atom. The van der Waals surface area contributed by atoms with Gasteiger partial charge >= 0.3 is 5.97 Å². The average molecular weight is 290 g/mol. The van der Waals surface area contributed by atoms with Crippen molar-refractivity contribution in [1.29, 1.82) is 0 Å². The van der Waals surface area contributed by atoms with Crippen molar-refractivity contribution < 1.29 is 9.90 Å². The summed E-state index contributed by atoms with van der Waals surface area (Å²) in [5, 5.41) is 9.94. The van der Waals surface area contributed by atoms with Crippen LogP contribution in [0.2, 0.25) is 0 Å². The second-order valence-electron chi connectivity index (χ2n) is 5.17. The molecule has 0 aliphatic heterocycles. The summed E-state index contributed by atoms with van der Waals surface area (Å²) < 4.78 is 2.16. The van der Waals surface area contributed by atoms with Crippen LogP contribution in [0.15, 0.2) is 24.5 Å². The lowest BCUT2D eigenvalue weighted by molar-refractivity contribution is 0.0699. The van der Waals surface area contributed by atoms with E-state index in [2.05, 4.69) is 16.5 Å². The second-order valence-corrected chi connectivity index (χ2v) is 6.75. The van der Waals surface area contributed by atoms with Crippen LogP contribution in [0.5, 0.6) is 0 Å². The van der Waals surface area contributed by atoms with Crippen molar-refractivity contribution >= 4 is 28.8 Å². The van der Waals surface area contributed by atoms with Crippen LogP contribution in [0.3, 0.4) is 0 Å². The van der Waals surface area contributed by atoms with Crippen molar-refractivity contribution in [3.8, 4) is 0 Å². The highest BCUT2D eigenvalue weighted by molar-refractivity contribution is 7.99. The van der Waals surface area contributed by atoms with Gasteiger partial charge in [-0.15, -0.1) is 0 Å². The molecule has 2 unspecified atom stereocenters. The van der Waals surface area contributed by atoms with Crippen LogP contribution in [0.25, 0.3) is 11.0 Å². The molecule has 3 rings (SSSR count). The highest BCUT2D eigenvalue weighted by Gasteiger charge is 2.27. The van der Waals surface area contributed by atoms with E-state index in [-0.39, 0.29) is 0 Å². The van der Waals surface area contributed by atoms with Gasteiger partial charge in [0.2, 0.25) is 0 Å². The average Bonchev–Trinajstić information content (AvgIpc) is 3.04. The number of nitrogens with zero attached hydrogens (tertiary/aromatic N) is 2. The maximum absolute atomic E-state index is 11.2. The number of para-hydroxylation sites is 1. The summed E-state index contributed by atoms with van der Waals surface area (Å²) in [6.07, 6.45) is 5.35. The predicted octanol–water partition coefficient (Wildman–Crippen LogP) is 3.58. The number of carboxylic acid groups (broad SMARTS) is 1. The van der Waals surface area contributed by atoms with Crippen molar-refractivity contribution in [1.82, 2.24) is 9.55 Å². The van der Waals surface area contributed by atoms with Gasteiger partial charge in [0, 0.05) is 11.3 Å². The highest BCUT2D eigenvalue weighted by Crippen LogP contribution is 2.38. The third-order valence-electron chi connectivity index (χ3n) is 3.99. The van der Waals surface area contributed by atoms with E-state index >= 15 is 0 Å². The zero-order valence-electron chi connectivity index (χ0n) is 11.5. The molecule has 2 atom stereocenters. The molecule has 1 aromatic heterocycles. The molecule has 1 fully saturated rings. The van der Waals surface area contributed by atoms with Crippen LogP contribution < -0.4 is 0 Å². The first-order chi connectivity index (χ1) is 9.70. The summed E-state index contributed by atoms with van der Waals surface area (Å²) in [6.45, 7) is 2.20. The van der Waals surface area contributed by atoms with E-state index in [1.54, 1.807) is 18.5 Å². The van der Waals surface area contributed by atoms with Crippen LogP contribution in [-0.4, -0.2) is 31.6 Å². The largest absolute Gasteiger partial charge is 0.478 e. The third-order valence-corrected chi connectivity index (χ3v) is 5.22. The number of rotatable bonds is 4. The van der Waals surface area contributed by atoms with Crippen LogP contribution >= 0.6 is 11.8 Å². The highest BCUT2D eigenvalue weighted by atomic mass is 32.2. The standard InChI is InChI=1S/C15H18N2O2S/c1-2-20-11-7-6-10(8-11)17-9-16-14-12(15(18)19)4-3-5-13(14)17/h3-5,9-11H,2,6-8H2,1H3,(H,18,19). The molecule has 2 aromatic rings. The van der Waals surface area contributed by atoms with E-state index in [0.29, 0.717) is 17.1 Å². The molecule has 0 amide bonds. The number of thioether (sulfide) groups is 1. The number of hydrogen-bond acceptors (Lipinski definition) is 3. The number of fused-ring (bicyclic) bond motifs is 1. The molecule has 106 valence electrons. The summed E-state index contributed by atoms with van der Waals surface area (Å²) in [7, 11) is 0. The summed E-state index contributed by atoms with van der Waals surface area (Å²) in [4.78, 5) is 15.6. The van der Waals surface area contributed by atoms with Gasteiger partial charge in [-0.1, -0.05) is 13.0 Å². The van der Waals surface area contributed by atoms with Crippen molar-refractivity contribution in [3.05, 3.63) is 30.1 Å². The van der Waals surface area contributed by atoms with Gasteiger partial charge in [0.05, 0.1) is 17.4 Å². The summed E-state index contributed by atoms with van der Waals surface area (Å²) in [6, 6.07) is 5.84.